The summed E-state index contributed by atoms with van der Waals surface area (Å²) in [5.74, 6) is -0.491. The van der Waals surface area contributed by atoms with Gasteiger partial charge in [-0.25, -0.2) is 8.42 Å². The van der Waals surface area contributed by atoms with Gasteiger partial charge in [0, 0.05) is 26.2 Å². The van der Waals surface area contributed by atoms with E-state index in [2.05, 4.69) is 5.32 Å². The average molecular weight is 363 g/mol. The highest BCUT2D eigenvalue weighted by Gasteiger charge is 2.40. The number of carbonyl (C=O) groups is 1. The molecule has 2 N–H and O–H groups in total. The molecule has 2 fully saturated rings. The largest absolute Gasteiger partial charge is 0.390 e. The van der Waals surface area contributed by atoms with Gasteiger partial charge in [0.1, 0.15) is 0 Å². The first-order chi connectivity index (χ1) is 11.3. The summed E-state index contributed by atoms with van der Waals surface area (Å²) in [6.07, 6.45) is 1.09. The summed E-state index contributed by atoms with van der Waals surface area (Å²) in [7, 11) is 0.582. The molecule has 9 heteroatoms. The second kappa shape index (κ2) is 8.57. The van der Waals surface area contributed by atoms with E-state index >= 15 is 0 Å². The maximum absolute atomic E-state index is 12.2. The number of nitrogens with one attached hydrogen (secondary N) is 1. The zero-order chi connectivity index (χ0) is 17.7. The summed E-state index contributed by atoms with van der Waals surface area (Å²) in [6.45, 7) is 2.51. The van der Waals surface area contributed by atoms with Crippen LogP contribution < -0.4 is 5.32 Å². The second-order valence-electron chi connectivity index (χ2n) is 6.92. The van der Waals surface area contributed by atoms with Crippen LogP contribution >= 0.6 is 0 Å². The van der Waals surface area contributed by atoms with Crippen LogP contribution in [0, 0.1) is 0 Å². The fourth-order valence-corrected chi connectivity index (χ4v) is 4.96. The standard InChI is InChI=1S/C15H29N3O5S/c1-17(2)5-6-18(13-10-24(21,22)11-14(13)19)9-15(20)16-8-12-4-3-7-23-12/h12-14,19H,3-11H2,1-2H3,(H,16,20). The quantitative estimate of drug-likeness (QED) is 0.530. The Balaban J connectivity index is 1.91. The number of aliphatic hydroxyl groups excluding tert-OH is 1. The van der Waals surface area contributed by atoms with Crippen LogP contribution in [0.15, 0.2) is 0 Å². The number of rotatable bonds is 8. The van der Waals surface area contributed by atoms with Crippen LogP contribution in [0.25, 0.3) is 0 Å². The van der Waals surface area contributed by atoms with Crippen molar-refractivity contribution >= 4 is 15.7 Å². The summed E-state index contributed by atoms with van der Waals surface area (Å²) in [5, 5.41) is 12.9. The number of likely N-dealkylation sites (N-methyl/N-ethyl adjacent to an activating group) is 1. The van der Waals surface area contributed by atoms with Gasteiger partial charge in [-0.2, -0.15) is 0 Å². The van der Waals surface area contributed by atoms with Crippen LogP contribution in [0.3, 0.4) is 0 Å². The Morgan fingerprint density at radius 1 is 1.29 bits per heavy atom. The Morgan fingerprint density at radius 2 is 2.04 bits per heavy atom. The highest BCUT2D eigenvalue weighted by atomic mass is 32.2. The fraction of sp³-hybridized carbons (Fsp3) is 0.933. The van der Waals surface area contributed by atoms with E-state index in [4.69, 9.17) is 4.74 Å². The minimum Gasteiger partial charge on any atom is -0.390 e. The normalized spacial score (nSPS) is 29.5. The monoisotopic (exact) mass is 363 g/mol. The molecule has 2 rings (SSSR count). The first-order valence-electron chi connectivity index (χ1n) is 8.42. The van der Waals surface area contributed by atoms with E-state index < -0.39 is 22.0 Å². The van der Waals surface area contributed by atoms with Crippen LogP contribution in [-0.4, -0.2) is 106 Å². The zero-order valence-corrected chi connectivity index (χ0v) is 15.3. The molecular formula is C15H29N3O5S. The van der Waals surface area contributed by atoms with Crippen LogP contribution in [0.4, 0.5) is 0 Å². The lowest BCUT2D eigenvalue weighted by Gasteiger charge is -2.30. The average Bonchev–Trinajstić information content (AvgIpc) is 3.08. The van der Waals surface area contributed by atoms with Crippen LogP contribution in [-0.2, 0) is 19.4 Å². The highest BCUT2D eigenvalue weighted by molar-refractivity contribution is 7.91. The molecule has 0 saturated carbocycles. The van der Waals surface area contributed by atoms with E-state index in [1.165, 1.54) is 0 Å². The van der Waals surface area contributed by atoms with E-state index in [1.54, 1.807) is 4.90 Å². The van der Waals surface area contributed by atoms with Gasteiger partial charge in [0.25, 0.3) is 0 Å². The Labute approximate surface area is 144 Å². The van der Waals surface area contributed by atoms with E-state index in [0.717, 1.165) is 19.4 Å². The summed E-state index contributed by atoms with van der Waals surface area (Å²) in [4.78, 5) is 16.0. The predicted molar refractivity (Wildman–Crippen MR) is 90.6 cm³/mol. The van der Waals surface area contributed by atoms with E-state index in [9.17, 15) is 18.3 Å². The van der Waals surface area contributed by atoms with Gasteiger partial charge in [-0.05, 0) is 26.9 Å². The molecule has 24 heavy (non-hydrogen) atoms. The van der Waals surface area contributed by atoms with E-state index in [-0.39, 0.29) is 30.1 Å². The van der Waals surface area contributed by atoms with Crippen molar-refractivity contribution in [2.24, 2.45) is 0 Å². The Morgan fingerprint density at radius 3 is 2.58 bits per heavy atom. The Bertz CT molecular complexity index is 519. The van der Waals surface area contributed by atoms with Crippen molar-refractivity contribution in [2.45, 2.75) is 31.1 Å². The maximum atomic E-state index is 12.2. The lowest BCUT2D eigenvalue weighted by Crippen LogP contribution is -2.50. The van der Waals surface area contributed by atoms with E-state index in [1.807, 2.05) is 19.0 Å². The molecule has 0 aromatic heterocycles. The number of carbonyl (C=O) groups excluding carboxylic acids is 1. The number of hydrogen-bond acceptors (Lipinski definition) is 7. The summed E-state index contributed by atoms with van der Waals surface area (Å²) in [6, 6.07) is -0.525. The van der Waals surface area contributed by atoms with Gasteiger partial charge in [-0.15, -0.1) is 0 Å². The van der Waals surface area contributed by atoms with Crippen molar-refractivity contribution in [1.29, 1.82) is 0 Å². The molecule has 0 bridgehead atoms. The Hall–Kier alpha value is -0.740. The number of ether oxygens (including phenoxy) is 1. The molecule has 0 aromatic rings. The molecule has 0 spiro atoms. The molecule has 8 nitrogen and oxygen atoms in total. The first kappa shape index (κ1) is 19.6. The number of aliphatic hydroxyl groups is 1. The number of sulfone groups is 1. The lowest BCUT2D eigenvalue weighted by molar-refractivity contribution is -0.123. The number of amides is 1. The molecule has 1 amide bonds. The number of hydrogen-bond donors (Lipinski definition) is 2. The molecule has 3 unspecified atom stereocenters. The molecule has 0 radical (unpaired) electrons. The number of nitrogens with zero attached hydrogens (tertiary/aromatic N) is 2. The SMILES string of the molecule is CN(C)CCN(CC(=O)NCC1CCCO1)C1CS(=O)(=O)CC1O. The van der Waals surface area contributed by atoms with Crippen molar-refractivity contribution in [3.63, 3.8) is 0 Å². The third-order valence-electron chi connectivity index (χ3n) is 4.49. The third-order valence-corrected chi connectivity index (χ3v) is 6.19. The molecule has 140 valence electrons. The summed E-state index contributed by atoms with van der Waals surface area (Å²) >= 11 is 0. The van der Waals surface area contributed by atoms with Gasteiger partial charge in [-0.1, -0.05) is 0 Å². The summed E-state index contributed by atoms with van der Waals surface area (Å²) in [5.41, 5.74) is 0. The minimum absolute atomic E-state index is 0.0709. The minimum atomic E-state index is -3.25. The van der Waals surface area contributed by atoms with Crippen molar-refractivity contribution in [2.75, 3.05) is 58.4 Å². The highest BCUT2D eigenvalue weighted by Crippen LogP contribution is 2.18. The smallest absolute Gasteiger partial charge is 0.234 e. The van der Waals surface area contributed by atoms with Gasteiger partial charge in [0.2, 0.25) is 5.91 Å². The summed E-state index contributed by atoms with van der Waals surface area (Å²) < 4.78 is 29.0. The fourth-order valence-electron chi connectivity index (χ4n) is 3.12. The second-order valence-corrected chi connectivity index (χ2v) is 9.08. The lowest BCUT2D eigenvalue weighted by atomic mass is 10.1. The first-order valence-corrected chi connectivity index (χ1v) is 10.2. The van der Waals surface area contributed by atoms with Gasteiger partial charge in [0.05, 0.1) is 36.3 Å². The Kier molecular flexibility index (Phi) is 6.99. The van der Waals surface area contributed by atoms with Crippen molar-refractivity contribution < 1.29 is 23.1 Å². The molecule has 0 aliphatic carbocycles. The zero-order valence-electron chi connectivity index (χ0n) is 14.5. The molecule has 3 atom stereocenters. The molecule has 0 aromatic carbocycles. The molecule has 2 aliphatic heterocycles. The van der Waals surface area contributed by atoms with Crippen LogP contribution in [0.1, 0.15) is 12.8 Å². The van der Waals surface area contributed by atoms with Gasteiger partial charge in [-0.3, -0.25) is 9.69 Å². The van der Waals surface area contributed by atoms with Gasteiger partial charge < -0.3 is 20.1 Å². The maximum Gasteiger partial charge on any atom is 0.234 e. The topological polar surface area (TPSA) is 99.2 Å². The van der Waals surface area contributed by atoms with Gasteiger partial charge in [0.15, 0.2) is 9.84 Å². The predicted octanol–water partition coefficient (Wildman–Crippen LogP) is -1.70. The van der Waals surface area contributed by atoms with Crippen molar-refractivity contribution in [3.05, 3.63) is 0 Å². The van der Waals surface area contributed by atoms with Crippen molar-refractivity contribution in [1.82, 2.24) is 15.1 Å². The molecule has 2 saturated heterocycles. The van der Waals surface area contributed by atoms with Gasteiger partial charge >= 0.3 is 0 Å². The molecule has 2 aliphatic rings. The van der Waals surface area contributed by atoms with Crippen LogP contribution in [0.2, 0.25) is 0 Å². The van der Waals surface area contributed by atoms with Crippen LogP contribution in [0.5, 0.6) is 0 Å². The molecular weight excluding hydrogens is 334 g/mol. The van der Waals surface area contributed by atoms with Crippen molar-refractivity contribution in [3.8, 4) is 0 Å². The van der Waals surface area contributed by atoms with E-state index in [0.29, 0.717) is 19.6 Å². The third kappa shape index (κ3) is 5.96. The molecule has 2 heterocycles.